The third-order valence-electron chi connectivity index (χ3n) is 3.88. The molecule has 0 bridgehead atoms. The van der Waals surface area contributed by atoms with Gasteiger partial charge < -0.3 is 19.7 Å². The van der Waals surface area contributed by atoms with E-state index in [0.29, 0.717) is 12.6 Å². The first-order valence-corrected chi connectivity index (χ1v) is 7.06. The van der Waals surface area contributed by atoms with E-state index < -0.39 is 12.9 Å². The maximum atomic E-state index is 13.2. The summed E-state index contributed by atoms with van der Waals surface area (Å²) in [7, 11) is 0.456. The number of piperidine rings is 1. The summed E-state index contributed by atoms with van der Waals surface area (Å²) >= 11 is 0. The Bertz CT molecular complexity index is 444. The van der Waals surface area contributed by atoms with Gasteiger partial charge >= 0.3 is 7.12 Å². The Labute approximate surface area is 119 Å². The van der Waals surface area contributed by atoms with E-state index in [9.17, 15) is 14.4 Å². The van der Waals surface area contributed by atoms with Gasteiger partial charge in [-0.3, -0.25) is 0 Å². The highest BCUT2D eigenvalue weighted by Crippen LogP contribution is 2.18. The second-order valence-electron chi connectivity index (χ2n) is 5.32. The lowest BCUT2D eigenvalue weighted by molar-refractivity contribution is 0.153. The van der Waals surface area contributed by atoms with Crippen molar-refractivity contribution in [1.29, 1.82) is 0 Å². The summed E-state index contributed by atoms with van der Waals surface area (Å²) in [5.41, 5.74) is 0.198. The average Bonchev–Trinajstić information content (AvgIpc) is 2.41. The Morgan fingerprint density at radius 1 is 1.40 bits per heavy atom. The third kappa shape index (κ3) is 3.94. The van der Waals surface area contributed by atoms with E-state index in [1.807, 2.05) is 0 Å². The van der Waals surface area contributed by atoms with E-state index >= 15 is 0 Å². The van der Waals surface area contributed by atoms with Crippen LogP contribution in [-0.4, -0.2) is 48.3 Å². The van der Waals surface area contributed by atoms with Gasteiger partial charge in [-0.2, -0.15) is 0 Å². The van der Waals surface area contributed by atoms with Gasteiger partial charge in [0.05, 0.1) is 6.61 Å². The molecule has 1 aliphatic rings. The minimum atomic E-state index is -1.65. The lowest BCUT2D eigenvalue weighted by Crippen LogP contribution is -2.37. The molecule has 0 aromatic heterocycles. The molecule has 4 nitrogen and oxygen atoms in total. The zero-order chi connectivity index (χ0) is 14.5. The van der Waals surface area contributed by atoms with Crippen molar-refractivity contribution in [2.24, 2.45) is 0 Å². The average molecular weight is 281 g/mol. The summed E-state index contributed by atoms with van der Waals surface area (Å²) in [6, 6.07) is 4.21. The molecule has 110 valence electrons. The standard InChI is InChI=1S/C14H21BFNO3/c1-17-8-3-2-4-12(17)7-9-20-14-10-11(16)5-6-13(14)15(18)19/h5-6,10,12,18-19H,2-4,7-9H2,1H3. The molecule has 1 fully saturated rings. The molecule has 1 aromatic carbocycles. The fraction of sp³-hybridized carbons (Fsp3) is 0.571. The minimum Gasteiger partial charge on any atom is -0.494 e. The first-order valence-electron chi connectivity index (χ1n) is 7.06. The van der Waals surface area contributed by atoms with Gasteiger partial charge in [-0.15, -0.1) is 0 Å². The van der Waals surface area contributed by atoms with Crippen LogP contribution in [0.15, 0.2) is 18.2 Å². The summed E-state index contributed by atoms with van der Waals surface area (Å²) in [6.07, 6.45) is 4.47. The number of nitrogens with zero attached hydrogens (tertiary/aromatic N) is 1. The molecule has 20 heavy (non-hydrogen) atoms. The molecular formula is C14H21BFNO3. The van der Waals surface area contributed by atoms with Crippen LogP contribution in [0.2, 0.25) is 0 Å². The SMILES string of the molecule is CN1CCCCC1CCOc1cc(F)ccc1B(O)O. The number of ether oxygens (including phenoxy) is 1. The Hall–Kier alpha value is -1.11. The van der Waals surface area contributed by atoms with Gasteiger partial charge in [0.25, 0.3) is 0 Å². The quantitative estimate of drug-likeness (QED) is 0.782. The second kappa shape index (κ2) is 7.06. The first kappa shape index (κ1) is 15.3. The number of hydrogen-bond donors (Lipinski definition) is 2. The summed E-state index contributed by atoms with van der Waals surface area (Å²) in [5, 5.41) is 18.5. The predicted molar refractivity (Wildman–Crippen MR) is 76.6 cm³/mol. The normalized spacial score (nSPS) is 19.9. The Balaban J connectivity index is 1.91. The van der Waals surface area contributed by atoms with Crippen molar-refractivity contribution in [2.75, 3.05) is 20.2 Å². The van der Waals surface area contributed by atoms with Crippen molar-refractivity contribution in [3.63, 3.8) is 0 Å². The largest absolute Gasteiger partial charge is 0.494 e. The maximum absolute atomic E-state index is 13.2. The van der Waals surface area contributed by atoms with Crippen LogP contribution in [0.3, 0.4) is 0 Å². The summed E-state index contributed by atoms with van der Waals surface area (Å²) in [6.45, 7) is 1.55. The molecule has 2 rings (SSSR count). The second-order valence-corrected chi connectivity index (χ2v) is 5.32. The van der Waals surface area contributed by atoms with E-state index in [0.717, 1.165) is 19.4 Å². The van der Waals surface area contributed by atoms with E-state index in [2.05, 4.69) is 11.9 Å². The van der Waals surface area contributed by atoms with Crippen LogP contribution in [-0.2, 0) is 0 Å². The first-order chi connectivity index (χ1) is 9.58. The molecule has 0 saturated carbocycles. The third-order valence-corrected chi connectivity index (χ3v) is 3.88. The number of likely N-dealkylation sites (tertiary alicyclic amines) is 1. The summed E-state index contributed by atoms with van der Waals surface area (Å²) in [4.78, 5) is 2.32. The zero-order valence-electron chi connectivity index (χ0n) is 11.8. The topological polar surface area (TPSA) is 52.9 Å². The Morgan fingerprint density at radius 3 is 2.90 bits per heavy atom. The molecule has 0 aliphatic carbocycles. The predicted octanol–water partition coefficient (Wildman–Crippen LogP) is 0.759. The van der Waals surface area contributed by atoms with Crippen molar-refractivity contribution < 1.29 is 19.2 Å². The Morgan fingerprint density at radius 2 is 2.20 bits per heavy atom. The lowest BCUT2D eigenvalue weighted by atomic mass is 9.79. The fourth-order valence-electron chi connectivity index (χ4n) is 2.66. The number of rotatable bonds is 5. The zero-order valence-corrected chi connectivity index (χ0v) is 11.8. The molecule has 1 unspecified atom stereocenters. The number of halogens is 1. The molecule has 0 radical (unpaired) electrons. The van der Waals surface area contributed by atoms with Gasteiger partial charge in [0, 0.05) is 17.6 Å². The van der Waals surface area contributed by atoms with Gasteiger partial charge in [0.1, 0.15) is 11.6 Å². The van der Waals surface area contributed by atoms with E-state index in [1.165, 1.54) is 31.0 Å². The molecule has 2 N–H and O–H groups in total. The molecule has 1 aliphatic heterocycles. The van der Waals surface area contributed by atoms with Crippen LogP contribution in [0.25, 0.3) is 0 Å². The van der Waals surface area contributed by atoms with Gasteiger partial charge in [-0.05, 0) is 38.9 Å². The maximum Gasteiger partial charge on any atom is 0.492 e. The molecule has 1 atom stereocenters. The molecule has 0 amide bonds. The van der Waals surface area contributed by atoms with Crippen LogP contribution >= 0.6 is 0 Å². The van der Waals surface area contributed by atoms with Crippen LogP contribution in [0.1, 0.15) is 25.7 Å². The lowest BCUT2D eigenvalue weighted by Gasteiger charge is -2.32. The van der Waals surface area contributed by atoms with E-state index in [1.54, 1.807) is 0 Å². The van der Waals surface area contributed by atoms with Crippen LogP contribution in [0, 0.1) is 5.82 Å². The fourth-order valence-corrected chi connectivity index (χ4v) is 2.66. The van der Waals surface area contributed by atoms with Crippen LogP contribution < -0.4 is 10.2 Å². The molecule has 6 heteroatoms. The Kier molecular flexibility index (Phi) is 5.40. The molecular weight excluding hydrogens is 260 g/mol. The van der Waals surface area contributed by atoms with Crippen LogP contribution in [0.4, 0.5) is 4.39 Å². The molecule has 1 saturated heterocycles. The number of hydrogen-bond acceptors (Lipinski definition) is 4. The van der Waals surface area contributed by atoms with Crippen molar-refractivity contribution in [1.82, 2.24) is 4.90 Å². The smallest absolute Gasteiger partial charge is 0.492 e. The summed E-state index contributed by atoms with van der Waals surface area (Å²) in [5.74, 6) is -0.238. The minimum absolute atomic E-state index is 0.198. The van der Waals surface area contributed by atoms with E-state index in [4.69, 9.17) is 4.74 Å². The van der Waals surface area contributed by atoms with Gasteiger partial charge in [0.2, 0.25) is 0 Å². The molecule has 1 aromatic rings. The molecule has 0 spiro atoms. The number of benzene rings is 1. The van der Waals surface area contributed by atoms with Crippen molar-refractivity contribution in [3.05, 3.63) is 24.0 Å². The van der Waals surface area contributed by atoms with Gasteiger partial charge in [0.15, 0.2) is 0 Å². The monoisotopic (exact) mass is 281 g/mol. The van der Waals surface area contributed by atoms with Crippen molar-refractivity contribution >= 4 is 12.6 Å². The summed E-state index contributed by atoms with van der Waals surface area (Å²) < 4.78 is 18.7. The van der Waals surface area contributed by atoms with Gasteiger partial charge in [-0.1, -0.05) is 12.5 Å². The van der Waals surface area contributed by atoms with E-state index in [-0.39, 0.29) is 11.2 Å². The molecule has 1 heterocycles. The highest BCUT2D eigenvalue weighted by molar-refractivity contribution is 6.59. The van der Waals surface area contributed by atoms with Crippen molar-refractivity contribution in [2.45, 2.75) is 31.7 Å². The highest BCUT2D eigenvalue weighted by atomic mass is 19.1. The van der Waals surface area contributed by atoms with Crippen molar-refractivity contribution in [3.8, 4) is 5.75 Å². The highest BCUT2D eigenvalue weighted by Gasteiger charge is 2.20. The van der Waals surface area contributed by atoms with Crippen LogP contribution in [0.5, 0.6) is 5.75 Å². The van der Waals surface area contributed by atoms with Gasteiger partial charge in [-0.25, -0.2) is 4.39 Å².